The van der Waals surface area contributed by atoms with Gasteiger partial charge in [0, 0.05) is 17.7 Å². The Morgan fingerprint density at radius 3 is 2.54 bits per heavy atom. The van der Waals surface area contributed by atoms with E-state index in [4.69, 9.17) is 4.74 Å². The predicted molar refractivity (Wildman–Crippen MR) is 128 cm³/mol. The summed E-state index contributed by atoms with van der Waals surface area (Å²) in [6.07, 6.45) is 0. The zero-order chi connectivity index (χ0) is 24.9. The van der Waals surface area contributed by atoms with Crippen LogP contribution < -0.4 is 4.74 Å². The Balaban J connectivity index is 1.70. The normalized spacial score (nSPS) is 14.9. The van der Waals surface area contributed by atoms with Gasteiger partial charge in [0.2, 0.25) is 0 Å². The molecule has 0 saturated carbocycles. The largest absolute Gasteiger partial charge is 0.507 e. The van der Waals surface area contributed by atoms with E-state index in [1.54, 1.807) is 29.2 Å². The van der Waals surface area contributed by atoms with Crippen molar-refractivity contribution < 1.29 is 24.1 Å². The fourth-order valence-electron chi connectivity index (χ4n) is 4.70. The van der Waals surface area contributed by atoms with E-state index in [0.29, 0.717) is 33.6 Å². The highest BCUT2D eigenvalue weighted by Gasteiger charge is 2.43. The van der Waals surface area contributed by atoms with Crippen molar-refractivity contribution in [2.75, 3.05) is 7.11 Å². The van der Waals surface area contributed by atoms with Crippen LogP contribution in [0.2, 0.25) is 0 Å². The summed E-state index contributed by atoms with van der Waals surface area (Å²) in [5, 5.41) is 28.3. The van der Waals surface area contributed by atoms with Crippen molar-refractivity contribution in [1.82, 2.24) is 15.1 Å². The van der Waals surface area contributed by atoms with E-state index >= 15 is 0 Å². The molecule has 1 aliphatic heterocycles. The van der Waals surface area contributed by atoms with E-state index in [1.807, 2.05) is 26.0 Å². The summed E-state index contributed by atoms with van der Waals surface area (Å²) >= 11 is 0. The lowest BCUT2D eigenvalue weighted by atomic mass is 9.93. The smallest absolute Gasteiger partial charge is 0.273 e. The molecule has 2 heterocycles. The maximum Gasteiger partial charge on any atom is 0.273 e. The first-order chi connectivity index (χ1) is 16.8. The van der Waals surface area contributed by atoms with Gasteiger partial charge in [0.1, 0.15) is 23.0 Å². The number of rotatable bonds is 5. The molecule has 1 unspecified atom stereocenters. The molecule has 4 aromatic rings. The molecule has 8 heteroatoms. The van der Waals surface area contributed by atoms with Gasteiger partial charge in [0.05, 0.1) is 13.2 Å². The number of nitrogens with zero attached hydrogens (tertiary/aromatic N) is 2. The minimum atomic E-state index is -0.592. The van der Waals surface area contributed by atoms with E-state index in [0.717, 1.165) is 11.1 Å². The number of phenolic OH excluding ortho intramolecular Hbond substituents is 2. The van der Waals surface area contributed by atoms with Crippen molar-refractivity contribution in [2.45, 2.75) is 26.4 Å². The third kappa shape index (κ3) is 3.77. The Hall–Kier alpha value is -4.33. The monoisotopic (exact) mass is 473 g/mol. The highest BCUT2D eigenvalue weighted by Crippen LogP contribution is 2.47. The number of carbonyl (C=O) groups is 1. The summed E-state index contributed by atoms with van der Waals surface area (Å²) in [6, 6.07) is 14.0. The van der Waals surface area contributed by atoms with E-state index in [-0.39, 0.29) is 35.5 Å². The summed E-state index contributed by atoms with van der Waals surface area (Å²) in [7, 11) is 1.46. The van der Waals surface area contributed by atoms with Gasteiger partial charge in [0.25, 0.3) is 5.91 Å². The molecule has 0 saturated heterocycles. The average molecular weight is 474 g/mol. The first-order valence-corrected chi connectivity index (χ1v) is 11.1. The standard InChI is InChI=1S/C27H24FN3O4/c1-14-10-15(2)26(33)19(11-14)23-22-24(30-29-23)27(34)31(13-16-4-7-18(28)8-5-16)25(22)17-6-9-20(32)21(12-17)35-3/h4-12,25,32-33H,13H2,1-3H3,(H,29,30). The van der Waals surface area contributed by atoms with Crippen LogP contribution in [0, 0.1) is 19.7 Å². The molecule has 7 nitrogen and oxygen atoms in total. The van der Waals surface area contributed by atoms with Crippen LogP contribution in [-0.4, -0.2) is 38.3 Å². The lowest BCUT2D eigenvalue weighted by Crippen LogP contribution is -2.29. The number of aromatic amines is 1. The van der Waals surface area contributed by atoms with Gasteiger partial charge < -0.3 is 19.8 Å². The molecule has 1 amide bonds. The maximum absolute atomic E-state index is 13.6. The van der Waals surface area contributed by atoms with Gasteiger partial charge in [-0.25, -0.2) is 4.39 Å². The third-order valence-corrected chi connectivity index (χ3v) is 6.35. The Morgan fingerprint density at radius 2 is 1.83 bits per heavy atom. The fourth-order valence-corrected chi connectivity index (χ4v) is 4.70. The lowest BCUT2D eigenvalue weighted by molar-refractivity contribution is 0.0730. The highest BCUT2D eigenvalue weighted by atomic mass is 19.1. The summed E-state index contributed by atoms with van der Waals surface area (Å²) in [5.74, 6) is -0.293. The molecule has 1 aliphatic rings. The molecule has 0 spiro atoms. The van der Waals surface area contributed by atoms with Gasteiger partial charge in [-0.1, -0.05) is 24.3 Å². The van der Waals surface area contributed by atoms with Crippen molar-refractivity contribution in [1.29, 1.82) is 0 Å². The van der Waals surface area contributed by atoms with Gasteiger partial charge >= 0.3 is 0 Å². The van der Waals surface area contributed by atoms with Crippen LogP contribution in [0.1, 0.15) is 44.3 Å². The van der Waals surface area contributed by atoms with Crippen molar-refractivity contribution in [2.24, 2.45) is 0 Å². The highest BCUT2D eigenvalue weighted by molar-refractivity contribution is 6.00. The summed E-state index contributed by atoms with van der Waals surface area (Å²) in [5.41, 5.74) is 5.02. The summed E-state index contributed by atoms with van der Waals surface area (Å²) in [6.45, 7) is 3.96. The number of amides is 1. The first kappa shape index (κ1) is 22.5. The quantitative estimate of drug-likeness (QED) is 0.379. The molecule has 1 atom stereocenters. The zero-order valence-corrected chi connectivity index (χ0v) is 19.5. The minimum Gasteiger partial charge on any atom is -0.507 e. The van der Waals surface area contributed by atoms with Crippen LogP contribution in [0.3, 0.4) is 0 Å². The number of nitrogens with one attached hydrogen (secondary N) is 1. The molecule has 1 aromatic heterocycles. The fraction of sp³-hybridized carbons (Fsp3) is 0.185. The Morgan fingerprint density at radius 1 is 1.09 bits per heavy atom. The van der Waals surface area contributed by atoms with Crippen LogP contribution in [0.25, 0.3) is 11.3 Å². The van der Waals surface area contributed by atoms with Gasteiger partial charge in [-0.05, 0) is 66.4 Å². The molecule has 5 rings (SSSR count). The van der Waals surface area contributed by atoms with Gasteiger partial charge in [-0.15, -0.1) is 0 Å². The number of aryl methyl sites for hydroxylation is 2. The van der Waals surface area contributed by atoms with Crippen molar-refractivity contribution in [3.05, 3.63) is 93.9 Å². The Labute approximate surface area is 201 Å². The van der Waals surface area contributed by atoms with Gasteiger partial charge in [-0.3, -0.25) is 9.89 Å². The molecule has 0 radical (unpaired) electrons. The molecular formula is C27H24FN3O4. The van der Waals surface area contributed by atoms with E-state index < -0.39 is 6.04 Å². The van der Waals surface area contributed by atoms with Gasteiger partial charge in [0.15, 0.2) is 11.5 Å². The number of H-pyrrole nitrogens is 1. The topological polar surface area (TPSA) is 98.7 Å². The number of phenols is 2. The molecule has 0 bridgehead atoms. The molecule has 3 aromatic carbocycles. The number of carbonyl (C=O) groups excluding carboxylic acids is 1. The van der Waals surface area contributed by atoms with Crippen LogP contribution >= 0.6 is 0 Å². The minimum absolute atomic E-state index is 0.0229. The van der Waals surface area contributed by atoms with Crippen LogP contribution in [0.4, 0.5) is 4.39 Å². The second-order valence-electron chi connectivity index (χ2n) is 8.73. The molecule has 3 N–H and O–H groups in total. The summed E-state index contributed by atoms with van der Waals surface area (Å²) < 4.78 is 18.8. The number of benzene rings is 3. The number of aromatic nitrogens is 2. The average Bonchev–Trinajstić information content (AvgIpc) is 3.37. The zero-order valence-electron chi connectivity index (χ0n) is 19.5. The third-order valence-electron chi connectivity index (χ3n) is 6.35. The number of methoxy groups -OCH3 is 1. The molecule has 178 valence electrons. The van der Waals surface area contributed by atoms with E-state index in [2.05, 4.69) is 10.2 Å². The summed E-state index contributed by atoms with van der Waals surface area (Å²) in [4.78, 5) is 15.2. The molecular weight excluding hydrogens is 449 g/mol. The SMILES string of the molecule is COc1cc(C2c3c(-c4cc(C)cc(C)c4O)n[nH]c3C(=O)N2Cc2ccc(F)cc2)ccc1O. The second-order valence-corrected chi connectivity index (χ2v) is 8.73. The number of halogens is 1. The van der Waals surface area contributed by atoms with Crippen molar-refractivity contribution >= 4 is 5.91 Å². The Kier molecular flexibility index (Phi) is 5.43. The molecule has 0 aliphatic carbocycles. The van der Waals surface area contributed by atoms with Gasteiger partial charge in [-0.2, -0.15) is 5.10 Å². The number of ether oxygens (including phenoxy) is 1. The first-order valence-electron chi connectivity index (χ1n) is 11.1. The number of fused-ring (bicyclic) bond motifs is 1. The van der Waals surface area contributed by atoms with E-state index in [9.17, 15) is 19.4 Å². The van der Waals surface area contributed by atoms with Crippen LogP contribution in [-0.2, 0) is 6.54 Å². The Bertz CT molecular complexity index is 1450. The maximum atomic E-state index is 13.6. The van der Waals surface area contributed by atoms with E-state index in [1.165, 1.54) is 25.3 Å². The van der Waals surface area contributed by atoms with Crippen molar-refractivity contribution in [3.63, 3.8) is 0 Å². The molecule has 0 fully saturated rings. The molecule has 35 heavy (non-hydrogen) atoms. The number of hydrogen-bond acceptors (Lipinski definition) is 5. The number of aromatic hydroxyl groups is 2. The van der Waals surface area contributed by atoms with Crippen LogP contribution in [0.15, 0.2) is 54.6 Å². The number of hydrogen-bond donors (Lipinski definition) is 3. The second kappa shape index (κ2) is 8.47. The van der Waals surface area contributed by atoms with Crippen LogP contribution in [0.5, 0.6) is 17.2 Å². The predicted octanol–water partition coefficient (Wildman–Crippen LogP) is 5.00. The lowest BCUT2D eigenvalue weighted by Gasteiger charge is -2.27. The van der Waals surface area contributed by atoms with Crippen molar-refractivity contribution in [3.8, 4) is 28.5 Å².